The molecular formula is C13H13Cl3N2O2. The Bertz CT molecular complexity index is 530. The van der Waals surface area contributed by atoms with Crippen molar-refractivity contribution in [2.75, 3.05) is 31.5 Å². The number of fused-ring (bicyclic) bond motifs is 1. The monoisotopic (exact) mass is 334 g/mol. The third-order valence-corrected chi connectivity index (χ3v) is 3.65. The Balaban J connectivity index is 2.19. The molecule has 1 aliphatic rings. The van der Waals surface area contributed by atoms with Gasteiger partial charge in [0.1, 0.15) is 0 Å². The van der Waals surface area contributed by atoms with Crippen LogP contribution in [-0.4, -0.2) is 53.1 Å². The Morgan fingerprint density at radius 2 is 1.60 bits per heavy atom. The van der Waals surface area contributed by atoms with Crippen LogP contribution in [0.15, 0.2) is 18.2 Å². The maximum atomic E-state index is 12.3. The van der Waals surface area contributed by atoms with Gasteiger partial charge in [-0.15, -0.1) is 23.2 Å². The fourth-order valence-corrected chi connectivity index (χ4v) is 2.73. The van der Waals surface area contributed by atoms with E-state index in [1.54, 1.807) is 12.1 Å². The number of carbonyl (C=O) groups is 2. The molecule has 0 radical (unpaired) electrons. The lowest BCUT2D eigenvalue weighted by Crippen LogP contribution is -2.42. The van der Waals surface area contributed by atoms with E-state index < -0.39 is 0 Å². The molecule has 1 heterocycles. The number of amides is 2. The first kappa shape index (κ1) is 15.6. The normalized spacial score (nSPS) is 14.3. The number of hydrogen-bond acceptors (Lipinski definition) is 3. The van der Waals surface area contributed by atoms with Crippen molar-refractivity contribution in [2.24, 2.45) is 0 Å². The van der Waals surface area contributed by atoms with Crippen LogP contribution in [-0.2, 0) is 0 Å². The second-order valence-electron chi connectivity index (χ2n) is 4.37. The summed E-state index contributed by atoms with van der Waals surface area (Å²) < 4.78 is 0. The van der Waals surface area contributed by atoms with Crippen molar-refractivity contribution in [3.63, 3.8) is 0 Å². The molecule has 0 saturated carbocycles. The van der Waals surface area contributed by atoms with Crippen LogP contribution in [0.25, 0.3) is 0 Å². The summed E-state index contributed by atoms with van der Waals surface area (Å²) in [6.45, 7) is 1.30. The van der Waals surface area contributed by atoms with Gasteiger partial charge in [0.25, 0.3) is 11.8 Å². The van der Waals surface area contributed by atoms with Crippen molar-refractivity contribution < 1.29 is 9.59 Å². The van der Waals surface area contributed by atoms with Gasteiger partial charge in [0.2, 0.25) is 0 Å². The number of rotatable bonds is 6. The first-order valence-corrected chi connectivity index (χ1v) is 7.53. The SMILES string of the molecule is O=C1c2ccc(Cl)cc2C(=O)N1CN(CCCl)CCCl. The molecule has 2 amide bonds. The molecule has 0 N–H and O–H groups in total. The Hall–Kier alpha value is -0.810. The Labute approximate surface area is 132 Å². The molecular weight excluding hydrogens is 323 g/mol. The Kier molecular flexibility index (Phi) is 5.27. The van der Waals surface area contributed by atoms with E-state index in [0.717, 1.165) is 0 Å². The molecule has 1 aromatic rings. The molecule has 0 fully saturated rings. The Morgan fingerprint density at radius 3 is 2.20 bits per heavy atom. The van der Waals surface area contributed by atoms with Crippen molar-refractivity contribution in [2.45, 2.75) is 0 Å². The summed E-state index contributed by atoms with van der Waals surface area (Å²) in [6, 6.07) is 4.69. The van der Waals surface area contributed by atoms with Gasteiger partial charge in [0.15, 0.2) is 0 Å². The molecule has 0 aliphatic carbocycles. The average Bonchev–Trinajstić information content (AvgIpc) is 2.64. The third kappa shape index (κ3) is 3.09. The average molecular weight is 336 g/mol. The van der Waals surface area contributed by atoms with Gasteiger partial charge in [-0.05, 0) is 18.2 Å². The maximum Gasteiger partial charge on any atom is 0.262 e. The molecule has 4 nitrogen and oxygen atoms in total. The molecule has 0 aromatic heterocycles. The summed E-state index contributed by atoms with van der Waals surface area (Å²) in [7, 11) is 0. The van der Waals surface area contributed by atoms with E-state index in [9.17, 15) is 9.59 Å². The van der Waals surface area contributed by atoms with Gasteiger partial charge in [-0.3, -0.25) is 19.4 Å². The highest BCUT2D eigenvalue weighted by Gasteiger charge is 2.36. The lowest BCUT2D eigenvalue weighted by molar-refractivity contribution is 0.0553. The summed E-state index contributed by atoms with van der Waals surface area (Å²) in [6.07, 6.45) is 0. The number of imide groups is 1. The number of halogens is 3. The molecule has 2 rings (SSSR count). The van der Waals surface area contributed by atoms with E-state index in [2.05, 4.69) is 0 Å². The minimum Gasteiger partial charge on any atom is -0.283 e. The number of hydrogen-bond donors (Lipinski definition) is 0. The van der Waals surface area contributed by atoms with Gasteiger partial charge in [-0.2, -0.15) is 0 Å². The standard InChI is InChI=1S/C13H13Cl3N2O2/c14-3-5-17(6-4-15)8-18-12(19)10-2-1-9(16)7-11(10)13(18)20/h1-2,7H,3-6,8H2. The van der Waals surface area contributed by atoms with E-state index in [1.807, 2.05) is 4.90 Å². The predicted molar refractivity (Wildman–Crippen MR) is 79.8 cm³/mol. The van der Waals surface area contributed by atoms with Crippen LogP contribution in [0.4, 0.5) is 0 Å². The zero-order chi connectivity index (χ0) is 14.7. The summed E-state index contributed by atoms with van der Waals surface area (Å²) in [5.41, 5.74) is 0.732. The quantitative estimate of drug-likeness (QED) is 0.593. The van der Waals surface area contributed by atoms with Crippen molar-refractivity contribution in [3.05, 3.63) is 34.3 Å². The smallest absolute Gasteiger partial charge is 0.262 e. The molecule has 1 aromatic carbocycles. The van der Waals surface area contributed by atoms with Gasteiger partial charge < -0.3 is 0 Å². The lowest BCUT2D eigenvalue weighted by Gasteiger charge is -2.25. The molecule has 1 aliphatic heterocycles. The first-order valence-electron chi connectivity index (χ1n) is 6.08. The van der Waals surface area contributed by atoms with Crippen LogP contribution < -0.4 is 0 Å². The highest BCUT2D eigenvalue weighted by molar-refractivity contribution is 6.32. The molecule has 0 bridgehead atoms. The lowest BCUT2D eigenvalue weighted by atomic mass is 10.1. The molecule has 7 heteroatoms. The molecule has 0 saturated heterocycles. The van der Waals surface area contributed by atoms with Crippen LogP contribution >= 0.6 is 34.8 Å². The van der Waals surface area contributed by atoms with Crippen molar-refractivity contribution in [1.29, 1.82) is 0 Å². The van der Waals surface area contributed by atoms with Crippen molar-refractivity contribution >= 4 is 46.6 Å². The highest BCUT2D eigenvalue weighted by atomic mass is 35.5. The zero-order valence-corrected chi connectivity index (χ0v) is 12.9. The van der Waals surface area contributed by atoms with Crippen LogP contribution in [0.3, 0.4) is 0 Å². The summed E-state index contributed by atoms with van der Waals surface area (Å²) in [5, 5.41) is 0.435. The molecule has 0 atom stereocenters. The molecule has 0 unspecified atom stereocenters. The first-order chi connectivity index (χ1) is 9.58. The van der Waals surface area contributed by atoms with Crippen LogP contribution in [0, 0.1) is 0 Å². The van der Waals surface area contributed by atoms with Crippen LogP contribution in [0.1, 0.15) is 20.7 Å². The summed E-state index contributed by atoms with van der Waals surface area (Å²) in [4.78, 5) is 27.5. The summed E-state index contributed by atoms with van der Waals surface area (Å²) >= 11 is 17.3. The van der Waals surface area contributed by atoms with E-state index in [-0.39, 0.29) is 18.5 Å². The fourth-order valence-electron chi connectivity index (χ4n) is 2.08. The molecule has 0 spiro atoms. The van der Waals surface area contributed by atoms with Gasteiger partial charge in [-0.1, -0.05) is 11.6 Å². The number of carbonyl (C=O) groups excluding carboxylic acids is 2. The van der Waals surface area contributed by atoms with Crippen LogP contribution in [0.5, 0.6) is 0 Å². The van der Waals surface area contributed by atoms with E-state index >= 15 is 0 Å². The molecule has 108 valence electrons. The van der Waals surface area contributed by atoms with Gasteiger partial charge in [0, 0.05) is 29.9 Å². The van der Waals surface area contributed by atoms with Crippen molar-refractivity contribution in [1.82, 2.24) is 9.80 Å². The fraction of sp³-hybridized carbons (Fsp3) is 0.385. The van der Waals surface area contributed by atoms with E-state index in [1.165, 1.54) is 11.0 Å². The van der Waals surface area contributed by atoms with Gasteiger partial charge >= 0.3 is 0 Å². The largest absolute Gasteiger partial charge is 0.283 e. The minimum absolute atomic E-state index is 0.184. The second-order valence-corrected chi connectivity index (χ2v) is 5.56. The highest BCUT2D eigenvalue weighted by Crippen LogP contribution is 2.25. The minimum atomic E-state index is -0.332. The maximum absolute atomic E-state index is 12.3. The topological polar surface area (TPSA) is 40.6 Å². The predicted octanol–water partition coefficient (Wildman–Crippen LogP) is 2.67. The van der Waals surface area contributed by atoms with Gasteiger partial charge in [-0.25, -0.2) is 0 Å². The van der Waals surface area contributed by atoms with Crippen molar-refractivity contribution in [3.8, 4) is 0 Å². The van der Waals surface area contributed by atoms with E-state index in [4.69, 9.17) is 34.8 Å². The second kappa shape index (κ2) is 6.76. The number of alkyl halides is 2. The zero-order valence-electron chi connectivity index (χ0n) is 10.6. The van der Waals surface area contributed by atoms with E-state index in [0.29, 0.717) is 41.0 Å². The Morgan fingerprint density at radius 1 is 1.00 bits per heavy atom. The van der Waals surface area contributed by atoms with Crippen LogP contribution in [0.2, 0.25) is 5.02 Å². The van der Waals surface area contributed by atoms with Gasteiger partial charge in [0.05, 0.1) is 17.8 Å². The molecule has 20 heavy (non-hydrogen) atoms. The third-order valence-electron chi connectivity index (χ3n) is 3.08. The number of nitrogens with zero attached hydrogens (tertiary/aromatic N) is 2. The number of benzene rings is 1. The summed E-state index contributed by atoms with van der Waals surface area (Å²) in [5.74, 6) is 0.176.